The molecule has 1 saturated heterocycles. The van der Waals surface area contributed by atoms with Crippen LogP contribution in [-0.4, -0.2) is 23.4 Å². The summed E-state index contributed by atoms with van der Waals surface area (Å²) in [4.78, 5) is 0. The summed E-state index contributed by atoms with van der Waals surface area (Å²) >= 11 is 0. The normalized spacial score (nSPS) is 41.7. The van der Waals surface area contributed by atoms with E-state index < -0.39 is 0 Å². The van der Waals surface area contributed by atoms with Crippen molar-refractivity contribution in [3.63, 3.8) is 0 Å². The highest BCUT2D eigenvalue weighted by Crippen LogP contribution is 2.20. The van der Waals surface area contributed by atoms with Gasteiger partial charge in [-0.15, -0.1) is 0 Å². The highest BCUT2D eigenvalue weighted by atomic mass is 16.5. The second-order valence-corrected chi connectivity index (χ2v) is 3.10. The molecule has 0 radical (unpaired) electrons. The molecule has 0 aromatic carbocycles. The lowest BCUT2D eigenvalue weighted by Crippen LogP contribution is -2.33. The summed E-state index contributed by atoms with van der Waals surface area (Å²) in [5.74, 6) is 0. The summed E-state index contributed by atoms with van der Waals surface area (Å²) in [6.07, 6.45) is 3.04. The zero-order valence-electron chi connectivity index (χ0n) is 6.71. The van der Waals surface area contributed by atoms with Crippen molar-refractivity contribution in [2.24, 2.45) is 0 Å². The van der Waals surface area contributed by atoms with Crippen LogP contribution in [-0.2, 0) is 4.74 Å². The molecule has 1 aliphatic heterocycles. The third-order valence-corrected chi connectivity index (χ3v) is 2.02. The van der Waals surface area contributed by atoms with E-state index in [1.54, 1.807) is 0 Å². The van der Waals surface area contributed by atoms with Gasteiger partial charge in [-0.1, -0.05) is 6.92 Å². The smallest absolute Gasteiger partial charge is 0.0600 e. The van der Waals surface area contributed by atoms with Gasteiger partial charge in [0.2, 0.25) is 0 Å². The maximum absolute atomic E-state index is 9.30. The van der Waals surface area contributed by atoms with Gasteiger partial charge in [0.05, 0.1) is 18.3 Å². The molecule has 3 atom stereocenters. The van der Waals surface area contributed by atoms with Crippen LogP contribution in [0.2, 0.25) is 0 Å². The Morgan fingerprint density at radius 1 is 1.50 bits per heavy atom. The maximum atomic E-state index is 9.30. The van der Waals surface area contributed by atoms with E-state index in [0.717, 1.165) is 19.3 Å². The first kappa shape index (κ1) is 8.02. The van der Waals surface area contributed by atoms with Crippen LogP contribution in [0.1, 0.15) is 33.1 Å². The fraction of sp³-hybridized carbons (Fsp3) is 1.00. The van der Waals surface area contributed by atoms with Crippen LogP contribution >= 0.6 is 0 Å². The van der Waals surface area contributed by atoms with Gasteiger partial charge < -0.3 is 9.84 Å². The van der Waals surface area contributed by atoms with Gasteiger partial charge in [-0.2, -0.15) is 0 Å². The summed E-state index contributed by atoms with van der Waals surface area (Å²) < 4.78 is 5.55. The maximum Gasteiger partial charge on any atom is 0.0600 e. The van der Waals surface area contributed by atoms with Crippen molar-refractivity contribution < 1.29 is 9.84 Å². The Morgan fingerprint density at radius 2 is 2.20 bits per heavy atom. The molecule has 0 unspecified atom stereocenters. The van der Waals surface area contributed by atoms with Gasteiger partial charge in [-0.25, -0.2) is 0 Å². The molecule has 0 aliphatic carbocycles. The summed E-state index contributed by atoms with van der Waals surface area (Å²) in [5, 5.41) is 9.30. The third-order valence-electron chi connectivity index (χ3n) is 2.02. The average Bonchev–Trinajstić information content (AvgIpc) is 1.85. The summed E-state index contributed by atoms with van der Waals surface area (Å²) in [6.45, 7) is 4.11. The monoisotopic (exact) mass is 144 g/mol. The Balaban J connectivity index is 2.35. The van der Waals surface area contributed by atoms with Crippen LogP contribution in [0.15, 0.2) is 0 Å². The lowest BCUT2D eigenvalue weighted by atomic mass is 10.0. The molecule has 0 aromatic rings. The largest absolute Gasteiger partial charge is 0.393 e. The Kier molecular flexibility index (Phi) is 2.69. The number of hydrogen-bond donors (Lipinski definition) is 1. The summed E-state index contributed by atoms with van der Waals surface area (Å²) in [5.41, 5.74) is 0. The van der Waals surface area contributed by atoms with E-state index >= 15 is 0 Å². The number of aliphatic hydroxyl groups excluding tert-OH is 1. The zero-order valence-corrected chi connectivity index (χ0v) is 6.71. The number of hydrogen-bond acceptors (Lipinski definition) is 2. The molecule has 60 valence electrons. The Bertz CT molecular complexity index is 93.4. The van der Waals surface area contributed by atoms with E-state index in [4.69, 9.17) is 4.74 Å². The van der Waals surface area contributed by atoms with Crippen molar-refractivity contribution in [3.05, 3.63) is 0 Å². The van der Waals surface area contributed by atoms with Crippen molar-refractivity contribution in [1.29, 1.82) is 0 Å². The molecule has 1 heterocycles. The Labute approximate surface area is 62.2 Å². The van der Waals surface area contributed by atoms with Gasteiger partial charge in [0.15, 0.2) is 0 Å². The molecule has 1 rings (SSSR count). The lowest BCUT2D eigenvalue weighted by Gasteiger charge is -2.30. The predicted octanol–water partition coefficient (Wildman–Crippen LogP) is 1.32. The lowest BCUT2D eigenvalue weighted by molar-refractivity contribution is -0.0881. The van der Waals surface area contributed by atoms with Gasteiger partial charge in [0.25, 0.3) is 0 Å². The first-order chi connectivity index (χ1) is 4.72. The fourth-order valence-corrected chi connectivity index (χ4v) is 1.49. The average molecular weight is 144 g/mol. The van der Waals surface area contributed by atoms with Crippen LogP contribution in [0.5, 0.6) is 0 Å². The van der Waals surface area contributed by atoms with Crippen molar-refractivity contribution in [3.8, 4) is 0 Å². The number of rotatable bonds is 1. The van der Waals surface area contributed by atoms with Crippen LogP contribution in [0, 0.1) is 0 Å². The quantitative estimate of drug-likeness (QED) is 0.601. The molecular weight excluding hydrogens is 128 g/mol. The molecule has 1 fully saturated rings. The van der Waals surface area contributed by atoms with E-state index in [0.29, 0.717) is 6.10 Å². The van der Waals surface area contributed by atoms with Gasteiger partial charge in [0.1, 0.15) is 0 Å². The molecular formula is C8H16O2. The molecule has 0 spiro atoms. The number of ether oxygens (including phenoxy) is 1. The van der Waals surface area contributed by atoms with E-state index in [9.17, 15) is 5.11 Å². The van der Waals surface area contributed by atoms with Gasteiger partial charge in [-0.3, -0.25) is 0 Å². The summed E-state index contributed by atoms with van der Waals surface area (Å²) in [6, 6.07) is 0. The van der Waals surface area contributed by atoms with E-state index in [2.05, 4.69) is 6.92 Å². The van der Waals surface area contributed by atoms with Crippen molar-refractivity contribution >= 4 is 0 Å². The van der Waals surface area contributed by atoms with E-state index in [1.165, 1.54) is 0 Å². The molecule has 0 amide bonds. The Morgan fingerprint density at radius 3 is 2.70 bits per heavy atom. The standard InChI is InChI=1S/C8H16O2/c1-3-8-5-7(9)4-6(2)10-8/h6-9H,3-5H2,1-2H3/t6-,7+,8+/m1/s1. The predicted molar refractivity (Wildman–Crippen MR) is 39.9 cm³/mol. The molecule has 0 bridgehead atoms. The summed E-state index contributed by atoms with van der Waals surface area (Å²) in [7, 11) is 0. The minimum absolute atomic E-state index is 0.131. The number of aliphatic hydroxyl groups is 1. The van der Waals surface area contributed by atoms with Crippen LogP contribution < -0.4 is 0 Å². The fourth-order valence-electron chi connectivity index (χ4n) is 1.49. The van der Waals surface area contributed by atoms with Crippen LogP contribution in [0.25, 0.3) is 0 Å². The van der Waals surface area contributed by atoms with Crippen LogP contribution in [0.3, 0.4) is 0 Å². The molecule has 2 heteroatoms. The third kappa shape index (κ3) is 1.96. The zero-order chi connectivity index (χ0) is 7.56. The first-order valence-electron chi connectivity index (χ1n) is 4.06. The first-order valence-corrected chi connectivity index (χ1v) is 4.06. The van der Waals surface area contributed by atoms with Gasteiger partial charge in [0, 0.05) is 0 Å². The highest BCUT2D eigenvalue weighted by molar-refractivity contribution is 4.73. The molecule has 2 nitrogen and oxygen atoms in total. The molecule has 10 heavy (non-hydrogen) atoms. The van der Waals surface area contributed by atoms with Crippen molar-refractivity contribution in [2.45, 2.75) is 51.4 Å². The van der Waals surface area contributed by atoms with Crippen molar-refractivity contribution in [1.82, 2.24) is 0 Å². The molecule has 0 saturated carbocycles. The van der Waals surface area contributed by atoms with Crippen molar-refractivity contribution in [2.75, 3.05) is 0 Å². The van der Waals surface area contributed by atoms with E-state index in [-0.39, 0.29) is 12.2 Å². The SMILES string of the molecule is CC[C@H]1C[C@@H](O)C[C@@H](C)O1. The minimum atomic E-state index is -0.131. The topological polar surface area (TPSA) is 29.5 Å². The molecule has 0 aromatic heterocycles. The van der Waals surface area contributed by atoms with Crippen LogP contribution in [0.4, 0.5) is 0 Å². The van der Waals surface area contributed by atoms with Gasteiger partial charge >= 0.3 is 0 Å². The minimum Gasteiger partial charge on any atom is -0.393 e. The second-order valence-electron chi connectivity index (χ2n) is 3.10. The van der Waals surface area contributed by atoms with Gasteiger partial charge in [-0.05, 0) is 26.2 Å². The second kappa shape index (κ2) is 3.35. The molecule has 1 aliphatic rings. The van der Waals surface area contributed by atoms with E-state index in [1.807, 2.05) is 6.92 Å². The molecule has 1 N–H and O–H groups in total. The Hall–Kier alpha value is -0.0800. The highest BCUT2D eigenvalue weighted by Gasteiger charge is 2.23.